The molecule has 0 heterocycles. The minimum absolute atomic E-state index is 0.364. The van der Waals surface area contributed by atoms with Gasteiger partial charge in [-0.3, -0.25) is 0 Å². The maximum Gasteiger partial charge on any atom is 0.123 e. The molecule has 20 heavy (non-hydrogen) atoms. The molecule has 0 aromatic heterocycles. The standard InChI is InChI=1S/C19H14O/c20-18-11-10-16-15-9-5-4-8-14(15)12-17(16)19(18)13-6-2-1-3-7-13/h1-11,20H,12H2. The molecule has 1 heteroatoms. The minimum Gasteiger partial charge on any atom is -0.507 e. The molecule has 0 atom stereocenters. The number of hydrogen-bond donors (Lipinski definition) is 1. The van der Waals surface area contributed by atoms with Gasteiger partial charge in [0.2, 0.25) is 0 Å². The number of phenolic OH excluding ortho intramolecular Hbond substituents is 1. The van der Waals surface area contributed by atoms with Gasteiger partial charge in [-0.15, -0.1) is 0 Å². The Balaban J connectivity index is 2.00. The molecule has 0 spiro atoms. The van der Waals surface area contributed by atoms with Gasteiger partial charge in [0.1, 0.15) is 5.75 Å². The quantitative estimate of drug-likeness (QED) is 0.527. The van der Waals surface area contributed by atoms with Gasteiger partial charge in [0.25, 0.3) is 0 Å². The Bertz CT molecular complexity index is 788. The highest BCUT2D eigenvalue weighted by molar-refractivity contribution is 5.87. The smallest absolute Gasteiger partial charge is 0.123 e. The number of phenols is 1. The number of hydrogen-bond acceptors (Lipinski definition) is 1. The summed E-state index contributed by atoms with van der Waals surface area (Å²) in [6.07, 6.45) is 0.893. The van der Waals surface area contributed by atoms with Crippen molar-refractivity contribution in [3.8, 4) is 28.0 Å². The summed E-state index contributed by atoms with van der Waals surface area (Å²) in [5.41, 5.74) is 7.16. The van der Waals surface area contributed by atoms with E-state index in [0.717, 1.165) is 17.5 Å². The van der Waals surface area contributed by atoms with Crippen molar-refractivity contribution in [1.29, 1.82) is 0 Å². The zero-order chi connectivity index (χ0) is 13.5. The number of aromatic hydroxyl groups is 1. The van der Waals surface area contributed by atoms with Crippen molar-refractivity contribution in [3.63, 3.8) is 0 Å². The van der Waals surface area contributed by atoms with E-state index in [1.807, 2.05) is 30.3 Å². The van der Waals surface area contributed by atoms with Gasteiger partial charge in [-0.05, 0) is 40.3 Å². The maximum atomic E-state index is 10.3. The van der Waals surface area contributed by atoms with Crippen LogP contribution in [-0.4, -0.2) is 5.11 Å². The summed E-state index contributed by atoms with van der Waals surface area (Å²) in [7, 11) is 0. The van der Waals surface area contributed by atoms with Crippen LogP contribution >= 0.6 is 0 Å². The maximum absolute atomic E-state index is 10.3. The van der Waals surface area contributed by atoms with Gasteiger partial charge in [0.15, 0.2) is 0 Å². The van der Waals surface area contributed by atoms with Crippen molar-refractivity contribution in [1.82, 2.24) is 0 Å². The van der Waals surface area contributed by atoms with Crippen LogP contribution in [0.3, 0.4) is 0 Å². The van der Waals surface area contributed by atoms with E-state index in [9.17, 15) is 5.11 Å². The predicted molar refractivity (Wildman–Crippen MR) is 81.8 cm³/mol. The van der Waals surface area contributed by atoms with Gasteiger partial charge in [0, 0.05) is 5.56 Å². The first kappa shape index (κ1) is 11.3. The summed E-state index contributed by atoms with van der Waals surface area (Å²) >= 11 is 0. The molecule has 1 N–H and O–H groups in total. The lowest BCUT2D eigenvalue weighted by molar-refractivity contribution is 0.477. The first-order valence-electron chi connectivity index (χ1n) is 6.83. The lowest BCUT2D eigenvalue weighted by Crippen LogP contribution is -1.88. The largest absolute Gasteiger partial charge is 0.507 e. The van der Waals surface area contributed by atoms with Crippen LogP contribution in [0.15, 0.2) is 66.7 Å². The predicted octanol–water partition coefficient (Wildman–Crippen LogP) is 4.63. The van der Waals surface area contributed by atoms with Gasteiger partial charge in [-0.25, -0.2) is 0 Å². The minimum atomic E-state index is 0.364. The van der Waals surface area contributed by atoms with Crippen molar-refractivity contribution in [2.75, 3.05) is 0 Å². The van der Waals surface area contributed by atoms with Crippen molar-refractivity contribution >= 4 is 0 Å². The van der Waals surface area contributed by atoms with E-state index in [4.69, 9.17) is 0 Å². The van der Waals surface area contributed by atoms with E-state index in [0.29, 0.717) is 5.75 Å². The topological polar surface area (TPSA) is 20.2 Å². The van der Waals surface area contributed by atoms with E-state index in [2.05, 4.69) is 36.4 Å². The molecule has 1 aliphatic rings. The van der Waals surface area contributed by atoms with Gasteiger partial charge < -0.3 is 5.11 Å². The Hall–Kier alpha value is -2.54. The van der Waals surface area contributed by atoms with E-state index in [1.54, 1.807) is 0 Å². The third-order valence-electron chi connectivity index (χ3n) is 4.03. The summed E-state index contributed by atoms with van der Waals surface area (Å²) in [6, 6.07) is 22.4. The number of fused-ring (bicyclic) bond motifs is 3. The highest BCUT2D eigenvalue weighted by atomic mass is 16.3. The molecule has 0 saturated carbocycles. The second-order valence-electron chi connectivity index (χ2n) is 5.19. The summed E-state index contributed by atoms with van der Waals surface area (Å²) < 4.78 is 0. The molecule has 0 fully saturated rings. The highest BCUT2D eigenvalue weighted by Gasteiger charge is 2.23. The fourth-order valence-electron chi connectivity index (χ4n) is 3.13. The SMILES string of the molecule is Oc1ccc2c(c1-c1ccccc1)Cc1ccccc1-2. The van der Waals surface area contributed by atoms with Gasteiger partial charge in [-0.2, -0.15) is 0 Å². The van der Waals surface area contributed by atoms with Crippen molar-refractivity contribution in [2.24, 2.45) is 0 Å². The first-order chi connectivity index (χ1) is 9.84. The number of benzene rings is 3. The van der Waals surface area contributed by atoms with Crippen LogP contribution in [0, 0.1) is 0 Å². The average Bonchev–Trinajstić information content (AvgIpc) is 2.86. The van der Waals surface area contributed by atoms with Crippen LogP contribution in [0.1, 0.15) is 11.1 Å². The van der Waals surface area contributed by atoms with Gasteiger partial charge >= 0.3 is 0 Å². The zero-order valence-corrected chi connectivity index (χ0v) is 11.0. The van der Waals surface area contributed by atoms with Crippen LogP contribution in [0.2, 0.25) is 0 Å². The Labute approximate surface area is 118 Å². The Morgan fingerprint density at radius 1 is 0.700 bits per heavy atom. The van der Waals surface area contributed by atoms with Crippen molar-refractivity contribution in [3.05, 3.63) is 77.9 Å². The Kier molecular flexibility index (Phi) is 2.40. The lowest BCUT2D eigenvalue weighted by atomic mass is 9.95. The van der Waals surface area contributed by atoms with E-state index in [-0.39, 0.29) is 0 Å². The molecule has 0 unspecified atom stereocenters. The van der Waals surface area contributed by atoms with Gasteiger partial charge in [0.05, 0.1) is 0 Å². The lowest BCUT2D eigenvalue weighted by Gasteiger charge is -2.11. The number of rotatable bonds is 1. The molecule has 0 bridgehead atoms. The van der Waals surface area contributed by atoms with Crippen LogP contribution in [0.4, 0.5) is 0 Å². The molecule has 96 valence electrons. The molecule has 4 rings (SSSR count). The summed E-state index contributed by atoms with van der Waals surface area (Å²) in [6.45, 7) is 0. The van der Waals surface area contributed by atoms with Crippen LogP contribution < -0.4 is 0 Å². The molecule has 0 aliphatic heterocycles. The third kappa shape index (κ3) is 1.56. The third-order valence-corrected chi connectivity index (χ3v) is 4.03. The van der Waals surface area contributed by atoms with Crippen LogP contribution in [-0.2, 0) is 6.42 Å². The summed E-state index contributed by atoms with van der Waals surface area (Å²) in [5, 5.41) is 10.3. The van der Waals surface area contributed by atoms with Gasteiger partial charge in [-0.1, -0.05) is 60.7 Å². The van der Waals surface area contributed by atoms with Crippen LogP contribution in [0.25, 0.3) is 22.3 Å². The first-order valence-corrected chi connectivity index (χ1v) is 6.83. The Morgan fingerprint density at radius 2 is 1.45 bits per heavy atom. The molecule has 0 amide bonds. The molecule has 0 saturated heterocycles. The second kappa shape index (κ2) is 4.24. The molecule has 3 aromatic rings. The van der Waals surface area contributed by atoms with E-state index < -0.39 is 0 Å². The second-order valence-corrected chi connectivity index (χ2v) is 5.19. The monoisotopic (exact) mass is 258 g/mol. The Morgan fingerprint density at radius 3 is 2.30 bits per heavy atom. The fraction of sp³-hybridized carbons (Fsp3) is 0.0526. The molecule has 3 aromatic carbocycles. The van der Waals surface area contributed by atoms with Crippen molar-refractivity contribution in [2.45, 2.75) is 6.42 Å². The molecular weight excluding hydrogens is 244 g/mol. The molecular formula is C19H14O. The summed E-state index contributed by atoms with van der Waals surface area (Å²) in [4.78, 5) is 0. The fourth-order valence-corrected chi connectivity index (χ4v) is 3.13. The zero-order valence-electron chi connectivity index (χ0n) is 11.0. The molecule has 1 aliphatic carbocycles. The summed E-state index contributed by atoms with van der Waals surface area (Å²) in [5.74, 6) is 0.364. The molecule has 0 radical (unpaired) electrons. The average molecular weight is 258 g/mol. The van der Waals surface area contributed by atoms with Crippen molar-refractivity contribution < 1.29 is 5.11 Å². The van der Waals surface area contributed by atoms with Crippen LogP contribution in [0.5, 0.6) is 5.75 Å². The van der Waals surface area contributed by atoms with E-state index >= 15 is 0 Å². The molecule has 1 nitrogen and oxygen atoms in total. The normalized spacial score (nSPS) is 12.0. The van der Waals surface area contributed by atoms with E-state index in [1.165, 1.54) is 22.3 Å². The highest BCUT2D eigenvalue weighted by Crippen LogP contribution is 2.45.